The van der Waals surface area contributed by atoms with Gasteiger partial charge in [0, 0.05) is 25.3 Å². The summed E-state index contributed by atoms with van der Waals surface area (Å²) in [7, 11) is 0. The van der Waals surface area contributed by atoms with Crippen molar-refractivity contribution in [1.82, 2.24) is 10.2 Å². The number of alkyl halides is 1. The molecule has 1 aliphatic rings. The molecule has 0 aromatic carbocycles. The zero-order valence-corrected chi connectivity index (χ0v) is 10.3. The molecule has 0 radical (unpaired) electrons. The summed E-state index contributed by atoms with van der Waals surface area (Å²) < 4.78 is 0. The van der Waals surface area contributed by atoms with Crippen LogP contribution in [0.3, 0.4) is 0 Å². The van der Waals surface area contributed by atoms with Crippen LogP contribution in [0.4, 0.5) is 0 Å². The van der Waals surface area contributed by atoms with E-state index >= 15 is 0 Å². The predicted molar refractivity (Wildman–Crippen MR) is 61.6 cm³/mol. The zero-order chi connectivity index (χ0) is 10.4. The van der Waals surface area contributed by atoms with Gasteiger partial charge in [-0.2, -0.15) is 0 Å². The van der Waals surface area contributed by atoms with Crippen molar-refractivity contribution in [2.75, 3.05) is 31.5 Å². The molecule has 0 aromatic rings. The molecule has 1 fully saturated rings. The monoisotopic (exact) mass is 262 g/mol. The Kier molecular flexibility index (Phi) is 5.48. The number of likely N-dealkylation sites (tertiary alicyclic amines) is 1. The quantitative estimate of drug-likeness (QED) is 0.774. The summed E-state index contributed by atoms with van der Waals surface area (Å²) in [6, 6.07) is 0. The predicted octanol–water partition coefficient (Wildman–Crippen LogP) is 1.23. The zero-order valence-electron chi connectivity index (χ0n) is 8.76. The number of amides is 1. The maximum atomic E-state index is 10.7. The lowest BCUT2D eigenvalue weighted by atomic mass is 9.97. The number of hydrogen-bond acceptors (Lipinski definition) is 2. The Bertz CT molecular complexity index is 179. The van der Waals surface area contributed by atoms with E-state index in [-0.39, 0.29) is 5.91 Å². The molecule has 82 valence electrons. The Morgan fingerprint density at radius 3 is 2.64 bits per heavy atom. The third-order valence-corrected chi connectivity index (χ3v) is 3.10. The Labute approximate surface area is 94.4 Å². The van der Waals surface area contributed by atoms with Crippen LogP contribution in [-0.4, -0.2) is 42.3 Å². The molecule has 1 rings (SSSR count). The molecule has 4 heteroatoms. The molecular formula is C10H19BrN2O. The number of halogens is 1. The van der Waals surface area contributed by atoms with E-state index < -0.39 is 0 Å². The average Bonchev–Trinajstić information content (AvgIpc) is 2.17. The van der Waals surface area contributed by atoms with Crippen LogP contribution >= 0.6 is 15.9 Å². The first-order valence-corrected chi connectivity index (χ1v) is 6.37. The second kappa shape index (κ2) is 6.40. The van der Waals surface area contributed by atoms with Gasteiger partial charge < -0.3 is 10.2 Å². The van der Waals surface area contributed by atoms with Crippen LogP contribution in [0.15, 0.2) is 0 Å². The molecule has 14 heavy (non-hydrogen) atoms. The van der Waals surface area contributed by atoms with Gasteiger partial charge in [-0.3, -0.25) is 4.79 Å². The van der Waals surface area contributed by atoms with Crippen LogP contribution < -0.4 is 5.32 Å². The molecule has 0 unspecified atom stereocenters. The number of carbonyl (C=O) groups is 1. The molecule has 1 amide bonds. The van der Waals surface area contributed by atoms with Crippen LogP contribution in [0.1, 0.15) is 19.8 Å². The maximum absolute atomic E-state index is 10.7. The summed E-state index contributed by atoms with van der Waals surface area (Å²) in [5, 5.41) is 3.95. The van der Waals surface area contributed by atoms with Gasteiger partial charge in [0.15, 0.2) is 0 Å². The lowest BCUT2D eigenvalue weighted by Crippen LogP contribution is -2.38. The lowest BCUT2D eigenvalue weighted by molar-refractivity contribution is -0.119. The fourth-order valence-corrected chi connectivity index (χ4v) is 2.32. The van der Waals surface area contributed by atoms with E-state index in [1.54, 1.807) is 6.92 Å². The van der Waals surface area contributed by atoms with Gasteiger partial charge in [0.1, 0.15) is 0 Å². The summed E-state index contributed by atoms with van der Waals surface area (Å²) in [4.78, 5) is 13.2. The minimum absolute atomic E-state index is 0.0906. The van der Waals surface area contributed by atoms with E-state index in [2.05, 4.69) is 26.1 Å². The fourth-order valence-electron chi connectivity index (χ4n) is 1.82. The highest BCUT2D eigenvalue weighted by atomic mass is 79.9. The van der Waals surface area contributed by atoms with Crippen LogP contribution in [-0.2, 0) is 4.79 Å². The van der Waals surface area contributed by atoms with Crippen molar-refractivity contribution in [2.24, 2.45) is 5.92 Å². The molecule has 0 saturated carbocycles. The van der Waals surface area contributed by atoms with E-state index in [9.17, 15) is 4.79 Å². The summed E-state index contributed by atoms with van der Waals surface area (Å²) in [5.41, 5.74) is 0. The molecule has 0 spiro atoms. The van der Waals surface area contributed by atoms with E-state index in [1.807, 2.05) is 0 Å². The molecule has 1 aliphatic heterocycles. The minimum atomic E-state index is 0.0906. The SMILES string of the molecule is CC(=O)NCC1CCN(CCBr)CC1. The molecule has 0 bridgehead atoms. The standard InChI is InChI=1S/C10H19BrN2O/c1-9(14)12-8-10-2-5-13(6-3-10)7-4-11/h10H,2-8H2,1H3,(H,12,14). The second-order valence-corrected chi connectivity index (χ2v) is 4.70. The minimum Gasteiger partial charge on any atom is -0.356 e. The average molecular weight is 263 g/mol. The third-order valence-electron chi connectivity index (χ3n) is 2.75. The Hall–Kier alpha value is -0.0900. The van der Waals surface area contributed by atoms with Crippen LogP contribution in [0.25, 0.3) is 0 Å². The largest absolute Gasteiger partial charge is 0.356 e. The molecule has 1 heterocycles. The van der Waals surface area contributed by atoms with Crippen molar-refractivity contribution in [3.63, 3.8) is 0 Å². The van der Waals surface area contributed by atoms with Gasteiger partial charge in [-0.05, 0) is 31.8 Å². The molecule has 1 saturated heterocycles. The van der Waals surface area contributed by atoms with Crippen molar-refractivity contribution in [3.05, 3.63) is 0 Å². The highest BCUT2D eigenvalue weighted by Crippen LogP contribution is 2.16. The van der Waals surface area contributed by atoms with Gasteiger partial charge in [-0.25, -0.2) is 0 Å². The number of piperidine rings is 1. The van der Waals surface area contributed by atoms with Crippen molar-refractivity contribution in [2.45, 2.75) is 19.8 Å². The molecule has 0 aliphatic carbocycles. The molecule has 0 atom stereocenters. The van der Waals surface area contributed by atoms with Crippen molar-refractivity contribution in [3.8, 4) is 0 Å². The first-order valence-electron chi connectivity index (χ1n) is 5.25. The number of hydrogen-bond donors (Lipinski definition) is 1. The molecule has 1 N–H and O–H groups in total. The first kappa shape index (κ1) is 12.0. The topological polar surface area (TPSA) is 32.3 Å². The van der Waals surface area contributed by atoms with Crippen LogP contribution in [0.5, 0.6) is 0 Å². The second-order valence-electron chi connectivity index (χ2n) is 3.91. The Morgan fingerprint density at radius 2 is 2.14 bits per heavy atom. The number of carbonyl (C=O) groups excluding carboxylic acids is 1. The number of rotatable bonds is 4. The Morgan fingerprint density at radius 1 is 1.50 bits per heavy atom. The highest BCUT2D eigenvalue weighted by Gasteiger charge is 2.18. The maximum Gasteiger partial charge on any atom is 0.216 e. The van der Waals surface area contributed by atoms with Gasteiger partial charge in [0.05, 0.1) is 0 Å². The third kappa shape index (κ3) is 4.42. The summed E-state index contributed by atoms with van der Waals surface area (Å²) >= 11 is 3.45. The lowest BCUT2D eigenvalue weighted by Gasteiger charge is -2.31. The van der Waals surface area contributed by atoms with Crippen molar-refractivity contribution < 1.29 is 4.79 Å². The summed E-state index contributed by atoms with van der Waals surface area (Å²) in [5.74, 6) is 0.776. The van der Waals surface area contributed by atoms with Crippen LogP contribution in [0.2, 0.25) is 0 Å². The fraction of sp³-hybridized carbons (Fsp3) is 0.900. The molecule has 0 aromatic heterocycles. The van der Waals surface area contributed by atoms with Gasteiger partial charge in [0.25, 0.3) is 0 Å². The first-order chi connectivity index (χ1) is 6.72. The smallest absolute Gasteiger partial charge is 0.216 e. The van der Waals surface area contributed by atoms with E-state index in [1.165, 1.54) is 25.9 Å². The number of nitrogens with zero attached hydrogens (tertiary/aromatic N) is 1. The number of nitrogens with one attached hydrogen (secondary N) is 1. The van der Waals surface area contributed by atoms with Gasteiger partial charge in [-0.15, -0.1) is 0 Å². The van der Waals surface area contributed by atoms with Gasteiger partial charge in [-0.1, -0.05) is 15.9 Å². The summed E-state index contributed by atoms with van der Waals surface area (Å²) in [6.45, 7) is 5.94. The van der Waals surface area contributed by atoms with E-state index in [0.717, 1.165) is 18.4 Å². The normalized spacial score (nSPS) is 19.6. The molecular weight excluding hydrogens is 244 g/mol. The van der Waals surface area contributed by atoms with Crippen molar-refractivity contribution in [1.29, 1.82) is 0 Å². The highest BCUT2D eigenvalue weighted by molar-refractivity contribution is 9.09. The van der Waals surface area contributed by atoms with Crippen molar-refractivity contribution >= 4 is 21.8 Å². The summed E-state index contributed by atoms with van der Waals surface area (Å²) in [6.07, 6.45) is 2.43. The van der Waals surface area contributed by atoms with Gasteiger partial charge >= 0.3 is 0 Å². The van der Waals surface area contributed by atoms with E-state index in [0.29, 0.717) is 5.92 Å². The molecule has 3 nitrogen and oxygen atoms in total. The van der Waals surface area contributed by atoms with Gasteiger partial charge in [0.2, 0.25) is 5.91 Å². The van der Waals surface area contributed by atoms with Crippen LogP contribution in [0, 0.1) is 5.92 Å². The Balaban J connectivity index is 2.12. The van der Waals surface area contributed by atoms with E-state index in [4.69, 9.17) is 0 Å².